The second-order valence-electron chi connectivity index (χ2n) is 8.20. The smallest absolute Gasteiger partial charge is 0.243 e. The van der Waals surface area contributed by atoms with E-state index in [2.05, 4.69) is 15.6 Å². The van der Waals surface area contributed by atoms with Crippen LogP contribution in [0.5, 0.6) is 11.5 Å². The second-order valence-corrected chi connectivity index (χ2v) is 10.1. The first-order valence-electron chi connectivity index (χ1n) is 11.2. The van der Waals surface area contributed by atoms with Gasteiger partial charge in [-0.1, -0.05) is 12.1 Å². The lowest BCUT2D eigenvalue weighted by Gasteiger charge is -2.30. The molecular formula is C23H29N5O5S. The summed E-state index contributed by atoms with van der Waals surface area (Å²) in [5, 5.41) is 11.1. The largest absolute Gasteiger partial charge is 0.493 e. The lowest BCUT2D eigenvalue weighted by atomic mass is 9.97. The van der Waals surface area contributed by atoms with Gasteiger partial charge in [-0.15, -0.1) is 5.10 Å². The molecule has 34 heavy (non-hydrogen) atoms. The summed E-state index contributed by atoms with van der Waals surface area (Å²) < 4.78 is 40.1. The van der Waals surface area contributed by atoms with Gasteiger partial charge in [0.05, 0.1) is 24.6 Å². The molecule has 0 unspecified atom stereocenters. The van der Waals surface area contributed by atoms with Crippen molar-refractivity contribution in [3.63, 3.8) is 0 Å². The Kier molecular flexibility index (Phi) is 7.03. The van der Waals surface area contributed by atoms with Crippen molar-refractivity contribution in [1.82, 2.24) is 19.3 Å². The van der Waals surface area contributed by atoms with Gasteiger partial charge in [-0.2, -0.15) is 4.31 Å². The zero-order valence-electron chi connectivity index (χ0n) is 19.5. The van der Waals surface area contributed by atoms with Crippen LogP contribution in [0.1, 0.15) is 26.2 Å². The van der Waals surface area contributed by atoms with Crippen molar-refractivity contribution in [3.05, 3.63) is 36.4 Å². The molecular weight excluding hydrogens is 458 g/mol. The Morgan fingerprint density at radius 3 is 2.50 bits per heavy atom. The minimum atomic E-state index is -3.69. The third kappa shape index (κ3) is 4.71. The lowest BCUT2D eigenvalue weighted by Crippen LogP contribution is -2.41. The fourth-order valence-corrected chi connectivity index (χ4v) is 5.65. The summed E-state index contributed by atoms with van der Waals surface area (Å²) in [5.41, 5.74) is 1.96. The Bertz CT molecular complexity index is 1280. The van der Waals surface area contributed by atoms with Crippen LogP contribution in [0.4, 0.5) is 5.69 Å². The number of carbonyl (C=O) groups excluding carboxylic acids is 1. The minimum absolute atomic E-state index is 0.141. The molecule has 0 saturated carbocycles. The zero-order valence-corrected chi connectivity index (χ0v) is 20.3. The van der Waals surface area contributed by atoms with Gasteiger partial charge in [-0.25, -0.2) is 13.1 Å². The van der Waals surface area contributed by atoms with Crippen LogP contribution < -0.4 is 14.8 Å². The first-order chi connectivity index (χ1) is 16.4. The quantitative estimate of drug-likeness (QED) is 0.519. The number of rotatable bonds is 8. The van der Waals surface area contributed by atoms with Gasteiger partial charge in [0.2, 0.25) is 15.9 Å². The Labute approximate surface area is 198 Å². The van der Waals surface area contributed by atoms with Gasteiger partial charge < -0.3 is 14.8 Å². The third-order valence-electron chi connectivity index (χ3n) is 6.03. The third-order valence-corrected chi connectivity index (χ3v) is 7.93. The van der Waals surface area contributed by atoms with Crippen molar-refractivity contribution in [2.75, 3.05) is 32.6 Å². The number of hydrogen-bond acceptors (Lipinski definition) is 7. The molecule has 1 aliphatic heterocycles. The van der Waals surface area contributed by atoms with Gasteiger partial charge in [0, 0.05) is 37.3 Å². The zero-order chi connectivity index (χ0) is 24.3. The number of carbonyl (C=O) groups is 1. The van der Waals surface area contributed by atoms with Crippen molar-refractivity contribution in [2.24, 2.45) is 5.92 Å². The number of benzene rings is 2. The average Bonchev–Trinajstić information content (AvgIpc) is 3.26. The maximum Gasteiger partial charge on any atom is 0.243 e. The van der Waals surface area contributed by atoms with Gasteiger partial charge >= 0.3 is 0 Å². The Balaban J connectivity index is 1.41. The average molecular weight is 488 g/mol. The predicted octanol–water partition coefficient (Wildman–Crippen LogP) is 2.90. The van der Waals surface area contributed by atoms with Gasteiger partial charge in [-0.3, -0.25) is 4.79 Å². The summed E-state index contributed by atoms with van der Waals surface area (Å²) in [5.74, 6) is 0.673. The van der Waals surface area contributed by atoms with Crippen molar-refractivity contribution in [3.8, 4) is 11.5 Å². The molecule has 0 aliphatic carbocycles. The van der Waals surface area contributed by atoms with E-state index in [1.165, 1.54) is 11.4 Å². The number of fused-ring (bicyclic) bond motifs is 1. The van der Waals surface area contributed by atoms with E-state index in [9.17, 15) is 13.2 Å². The van der Waals surface area contributed by atoms with Gasteiger partial charge in [0.1, 0.15) is 5.52 Å². The summed E-state index contributed by atoms with van der Waals surface area (Å²) in [6.07, 6.45) is 1.79. The summed E-state index contributed by atoms with van der Waals surface area (Å²) in [4.78, 5) is 13.0. The molecule has 4 rings (SSSR count). The van der Waals surface area contributed by atoms with Crippen LogP contribution in [0.2, 0.25) is 0 Å². The monoisotopic (exact) mass is 487 g/mol. The number of nitrogens with zero attached hydrogens (tertiary/aromatic N) is 4. The summed E-state index contributed by atoms with van der Waals surface area (Å²) in [6, 6.07) is 10.1. The molecule has 1 amide bonds. The molecule has 2 aromatic carbocycles. The highest BCUT2D eigenvalue weighted by molar-refractivity contribution is 7.89. The Hall–Kier alpha value is -3.18. The number of aryl methyl sites for hydroxylation is 1. The van der Waals surface area contributed by atoms with Crippen LogP contribution in [-0.4, -0.2) is 60.9 Å². The van der Waals surface area contributed by atoms with Crippen LogP contribution in [0.3, 0.4) is 0 Å². The van der Waals surface area contributed by atoms with Crippen LogP contribution >= 0.6 is 0 Å². The number of aromatic nitrogens is 3. The maximum absolute atomic E-state index is 13.2. The molecule has 0 radical (unpaired) electrons. The van der Waals surface area contributed by atoms with Gasteiger partial charge in [-0.05, 0) is 49.6 Å². The fraction of sp³-hybridized carbons (Fsp3) is 0.435. The van der Waals surface area contributed by atoms with E-state index >= 15 is 0 Å². The normalized spacial score (nSPS) is 15.4. The number of sulfonamides is 1. The predicted molar refractivity (Wildman–Crippen MR) is 127 cm³/mol. The van der Waals surface area contributed by atoms with Gasteiger partial charge in [0.25, 0.3) is 0 Å². The highest BCUT2D eigenvalue weighted by Gasteiger charge is 2.32. The van der Waals surface area contributed by atoms with E-state index in [-0.39, 0.29) is 29.8 Å². The Morgan fingerprint density at radius 2 is 1.82 bits per heavy atom. The maximum atomic E-state index is 13.2. The molecule has 2 heterocycles. The lowest BCUT2D eigenvalue weighted by molar-refractivity contribution is -0.120. The fourth-order valence-electron chi connectivity index (χ4n) is 4.16. The van der Waals surface area contributed by atoms with Crippen molar-refractivity contribution >= 4 is 32.7 Å². The molecule has 1 aromatic heterocycles. The first kappa shape index (κ1) is 24.0. The molecule has 1 fully saturated rings. The number of methoxy groups -OCH3 is 2. The Morgan fingerprint density at radius 1 is 1.09 bits per heavy atom. The molecule has 0 spiro atoms. The number of ether oxygens (including phenoxy) is 2. The van der Waals surface area contributed by atoms with Crippen LogP contribution in [0.25, 0.3) is 11.0 Å². The highest BCUT2D eigenvalue weighted by atomic mass is 32.2. The van der Waals surface area contributed by atoms with E-state index in [1.807, 2.05) is 6.92 Å². The van der Waals surface area contributed by atoms with Crippen molar-refractivity contribution in [1.29, 1.82) is 0 Å². The molecule has 0 atom stereocenters. The summed E-state index contributed by atoms with van der Waals surface area (Å²) in [7, 11) is -0.607. The molecule has 10 nitrogen and oxygen atoms in total. The molecule has 11 heteroatoms. The number of anilines is 1. The van der Waals surface area contributed by atoms with Crippen molar-refractivity contribution < 1.29 is 22.7 Å². The van der Waals surface area contributed by atoms with E-state index < -0.39 is 10.0 Å². The van der Waals surface area contributed by atoms with E-state index in [0.29, 0.717) is 35.5 Å². The SMILES string of the molecule is CCCn1nnc2cc(S(=O)(=O)N3CCC(C(=O)Nc4ccc(OC)c(OC)c4)CC3)ccc21. The highest BCUT2D eigenvalue weighted by Crippen LogP contribution is 2.31. The summed E-state index contributed by atoms with van der Waals surface area (Å²) in [6.45, 7) is 3.31. The van der Waals surface area contributed by atoms with Crippen molar-refractivity contribution in [2.45, 2.75) is 37.6 Å². The standard InChI is InChI=1S/C23H29N5O5S/c1-4-11-28-20-7-6-18(15-19(20)25-26-28)34(30,31)27-12-9-16(10-13-27)23(29)24-17-5-8-21(32-2)22(14-17)33-3/h5-8,14-16H,4,9-13H2,1-3H3,(H,24,29). The molecule has 0 bridgehead atoms. The number of piperidine rings is 1. The van der Waals surface area contributed by atoms with E-state index in [0.717, 1.165) is 18.5 Å². The van der Waals surface area contributed by atoms with Gasteiger partial charge in [0.15, 0.2) is 11.5 Å². The van der Waals surface area contributed by atoms with Crippen LogP contribution in [0.15, 0.2) is 41.3 Å². The molecule has 3 aromatic rings. The minimum Gasteiger partial charge on any atom is -0.493 e. The van der Waals surface area contributed by atoms with E-state index in [4.69, 9.17) is 9.47 Å². The van der Waals surface area contributed by atoms with Crippen LogP contribution in [-0.2, 0) is 21.4 Å². The molecule has 1 aliphatic rings. The molecule has 1 N–H and O–H groups in total. The number of nitrogens with one attached hydrogen (secondary N) is 1. The van der Waals surface area contributed by atoms with Crippen LogP contribution in [0, 0.1) is 5.92 Å². The number of hydrogen-bond donors (Lipinski definition) is 1. The summed E-state index contributed by atoms with van der Waals surface area (Å²) >= 11 is 0. The first-order valence-corrected chi connectivity index (χ1v) is 12.7. The second kappa shape index (κ2) is 9.98. The molecule has 182 valence electrons. The molecule has 1 saturated heterocycles. The topological polar surface area (TPSA) is 116 Å². The number of amides is 1. The van der Waals surface area contributed by atoms with E-state index in [1.54, 1.807) is 48.2 Å².